The Balaban J connectivity index is 1.95. The van der Waals surface area contributed by atoms with Crippen molar-refractivity contribution < 1.29 is 10.2 Å². The molecule has 140 valence electrons. The van der Waals surface area contributed by atoms with Gasteiger partial charge in [-0.15, -0.1) is 0 Å². The predicted molar refractivity (Wildman–Crippen MR) is 106 cm³/mol. The molecule has 2 aromatic heterocycles. The summed E-state index contributed by atoms with van der Waals surface area (Å²) in [5.74, 6) is 1.38. The first kappa shape index (κ1) is 17.5. The van der Waals surface area contributed by atoms with Crippen molar-refractivity contribution in [2.75, 3.05) is 30.3 Å². The van der Waals surface area contributed by atoms with E-state index in [1.165, 1.54) is 6.33 Å². The predicted octanol–water partition coefficient (Wildman–Crippen LogP) is 2.42. The molecule has 4 N–H and O–H groups in total. The summed E-state index contributed by atoms with van der Waals surface area (Å²) >= 11 is 0. The topological polar surface area (TPSA) is 108 Å². The van der Waals surface area contributed by atoms with Gasteiger partial charge in [0.25, 0.3) is 0 Å². The second-order valence-corrected chi connectivity index (χ2v) is 7.71. The number of nitrogens with two attached hydrogens (primary N) is 1. The number of hydrogen-bond donors (Lipinski definition) is 3. The second-order valence-electron chi connectivity index (χ2n) is 7.71. The van der Waals surface area contributed by atoms with Crippen LogP contribution >= 0.6 is 0 Å². The first-order chi connectivity index (χ1) is 12.8. The number of pyridine rings is 1. The van der Waals surface area contributed by atoms with Gasteiger partial charge in [0.2, 0.25) is 0 Å². The fourth-order valence-corrected chi connectivity index (χ4v) is 3.74. The molecule has 1 aromatic carbocycles. The highest BCUT2D eigenvalue weighted by atomic mass is 16.3. The van der Waals surface area contributed by atoms with Crippen LogP contribution in [0.15, 0.2) is 24.5 Å². The zero-order valence-electron chi connectivity index (χ0n) is 15.7. The van der Waals surface area contributed by atoms with Crippen LogP contribution in [0.4, 0.5) is 11.6 Å². The molecule has 0 radical (unpaired) electrons. The fourth-order valence-electron chi connectivity index (χ4n) is 3.74. The largest absolute Gasteiger partial charge is 0.508 e. The minimum Gasteiger partial charge on any atom is -0.508 e. The van der Waals surface area contributed by atoms with Gasteiger partial charge in [-0.2, -0.15) is 0 Å². The Hall–Kier alpha value is -2.93. The number of rotatable bonds is 3. The molecule has 27 heavy (non-hydrogen) atoms. The van der Waals surface area contributed by atoms with Crippen LogP contribution in [-0.2, 0) is 0 Å². The fraction of sp³-hybridized carbons (Fsp3) is 0.350. The number of aliphatic hydroxyl groups excluding tert-OH is 1. The number of hydrogen-bond acceptors (Lipinski definition) is 7. The molecule has 7 heteroatoms. The quantitative estimate of drug-likeness (QED) is 0.654. The second kappa shape index (κ2) is 6.06. The Morgan fingerprint density at radius 1 is 1.22 bits per heavy atom. The summed E-state index contributed by atoms with van der Waals surface area (Å²) in [6.45, 7) is 7.47. The number of anilines is 2. The third kappa shape index (κ3) is 2.75. The van der Waals surface area contributed by atoms with Crippen LogP contribution in [0.25, 0.3) is 22.2 Å². The zero-order valence-corrected chi connectivity index (χ0v) is 15.7. The average Bonchev–Trinajstić information content (AvgIpc) is 2.63. The number of nitrogens with zero attached hydrogens (tertiary/aromatic N) is 4. The molecule has 1 fully saturated rings. The maximum Gasteiger partial charge on any atom is 0.134 e. The highest BCUT2D eigenvalue weighted by molar-refractivity contribution is 5.99. The van der Waals surface area contributed by atoms with Crippen LogP contribution in [0.1, 0.15) is 18.1 Å². The number of aromatic hydroxyl groups is 1. The van der Waals surface area contributed by atoms with Gasteiger partial charge in [0.15, 0.2) is 0 Å². The standard InChI is InChI=1S/C20H23N5O2/c1-11-4-5-14(27)12(2)16(11)18-17-13(19(21)23-10-22-17)6-15(24-18)25-7-20(3,8-25)9-26/h4-6,10,26-27H,7-9H2,1-3H3,(H2,21,22,23). The van der Waals surface area contributed by atoms with Crippen LogP contribution < -0.4 is 10.6 Å². The van der Waals surface area contributed by atoms with Crippen LogP contribution in [0, 0.1) is 19.3 Å². The van der Waals surface area contributed by atoms with Gasteiger partial charge < -0.3 is 20.8 Å². The van der Waals surface area contributed by atoms with E-state index in [0.29, 0.717) is 30.1 Å². The molecule has 0 spiro atoms. The summed E-state index contributed by atoms with van der Waals surface area (Å²) in [7, 11) is 0. The molecular formula is C20H23N5O2. The maximum atomic E-state index is 10.2. The average molecular weight is 365 g/mol. The Labute approximate surface area is 157 Å². The van der Waals surface area contributed by atoms with Crippen LogP contribution in [0.2, 0.25) is 0 Å². The van der Waals surface area contributed by atoms with Gasteiger partial charge in [-0.3, -0.25) is 0 Å². The van der Waals surface area contributed by atoms with Gasteiger partial charge in [-0.05, 0) is 31.5 Å². The highest BCUT2D eigenvalue weighted by Crippen LogP contribution is 2.39. The minimum atomic E-state index is -0.119. The van der Waals surface area contributed by atoms with Gasteiger partial charge >= 0.3 is 0 Å². The Kier molecular flexibility index (Phi) is 3.92. The van der Waals surface area contributed by atoms with E-state index in [0.717, 1.165) is 27.9 Å². The van der Waals surface area contributed by atoms with Crippen LogP contribution in [0.3, 0.4) is 0 Å². The van der Waals surface area contributed by atoms with Crippen LogP contribution in [-0.4, -0.2) is 44.9 Å². The van der Waals surface area contributed by atoms with Crippen molar-refractivity contribution >= 4 is 22.5 Å². The number of fused-ring (bicyclic) bond motifs is 1. The van der Waals surface area contributed by atoms with Gasteiger partial charge in [-0.25, -0.2) is 15.0 Å². The lowest BCUT2D eigenvalue weighted by molar-refractivity contribution is 0.110. The minimum absolute atomic E-state index is 0.119. The monoisotopic (exact) mass is 365 g/mol. The van der Waals surface area contributed by atoms with Crippen LogP contribution in [0.5, 0.6) is 5.75 Å². The number of aryl methyl sites for hydroxylation is 1. The lowest BCUT2D eigenvalue weighted by Crippen LogP contribution is -2.57. The molecule has 1 saturated heterocycles. The zero-order chi connectivity index (χ0) is 19.3. The van der Waals surface area contributed by atoms with Gasteiger partial charge in [0.1, 0.15) is 29.2 Å². The maximum absolute atomic E-state index is 10.2. The number of benzene rings is 1. The number of aromatic nitrogens is 3. The SMILES string of the molecule is Cc1ccc(O)c(C)c1-c1nc(N2CC(C)(CO)C2)cc2c(N)ncnc12. The lowest BCUT2D eigenvalue weighted by Gasteiger charge is -2.47. The number of aliphatic hydroxyl groups is 1. The van der Waals surface area contributed by atoms with Crippen molar-refractivity contribution in [3.05, 3.63) is 35.7 Å². The van der Waals surface area contributed by atoms with Crippen molar-refractivity contribution in [2.24, 2.45) is 5.41 Å². The van der Waals surface area contributed by atoms with E-state index in [1.54, 1.807) is 6.07 Å². The van der Waals surface area contributed by atoms with E-state index < -0.39 is 0 Å². The molecule has 3 heterocycles. The van der Waals surface area contributed by atoms with E-state index in [2.05, 4.69) is 14.9 Å². The van der Waals surface area contributed by atoms with Crippen molar-refractivity contribution in [3.8, 4) is 17.0 Å². The number of phenolic OH excluding ortho intramolecular Hbond substituents is 1. The van der Waals surface area contributed by atoms with Gasteiger partial charge in [0, 0.05) is 35.0 Å². The molecule has 1 aliphatic rings. The first-order valence-corrected chi connectivity index (χ1v) is 8.89. The molecular weight excluding hydrogens is 342 g/mol. The summed E-state index contributed by atoms with van der Waals surface area (Å²) in [5, 5.41) is 20.5. The molecule has 0 atom stereocenters. The molecule has 4 rings (SSSR count). The Bertz CT molecular complexity index is 1040. The van der Waals surface area contributed by atoms with Gasteiger partial charge in [0.05, 0.1) is 12.3 Å². The third-order valence-electron chi connectivity index (χ3n) is 5.37. The van der Waals surface area contributed by atoms with E-state index in [1.807, 2.05) is 32.9 Å². The van der Waals surface area contributed by atoms with Crippen molar-refractivity contribution in [3.63, 3.8) is 0 Å². The molecule has 0 saturated carbocycles. The molecule has 0 unspecified atom stereocenters. The highest BCUT2D eigenvalue weighted by Gasteiger charge is 2.39. The first-order valence-electron chi connectivity index (χ1n) is 8.89. The van der Waals surface area contributed by atoms with Gasteiger partial charge in [-0.1, -0.05) is 13.0 Å². The summed E-state index contributed by atoms with van der Waals surface area (Å²) in [5.41, 5.74) is 9.95. The normalized spacial score (nSPS) is 15.8. The molecule has 3 aromatic rings. The third-order valence-corrected chi connectivity index (χ3v) is 5.37. The van der Waals surface area contributed by atoms with Crippen molar-refractivity contribution in [2.45, 2.75) is 20.8 Å². The summed E-state index contributed by atoms with van der Waals surface area (Å²) in [4.78, 5) is 15.5. The van der Waals surface area contributed by atoms with Crippen molar-refractivity contribution in [1.29, 1.82) is 0 Å². The molecule has 0 bridgehead atoms. The van der Waals surface area contributed by atoms with Crippen molar-refractivity contribution in [1.82, 2.24) is 15.0 Å². The number of nitrogen functional groups attached to an aromatic ring is 1. The van der Waals surface area contributed by atoms with E-state index in [9.17, 15) is 10.2 Å². The van der Waals surface area contributed by atoms with E-state index in [4.69, 9.17) is 10.7 Å². The molecule has 0 amide bonds. The smallest absolute Gasteiger partial charge is 0.134 e. The molecule has 0 aliphatic carbocycles. The molecule has 7 nitrogen and oxygen atoms in total. The Morgan fingerprint density at radius 2 is 1.96 bits per heavy atom. The summed E-state index contributed by atoms with van der Waals surface area (Å²) in [6.07, 6.45) is 1.43. The van der Waals surface area contributed by atoms with E-state index in [-0.39, 0.29) is 17.8 Å². The lowest BCUT2D eigenvalue weighted by atomic mass is 9.83. The number of phenols is 1. The van der Waals surface area contributed by atoms with E-state index >= 15 is 0 Å². The summed E-state index contributed by atoms with van der Waals surface area (Å²) < 4.78 is 0. The molecule has 1 aliphatic heterocycles. The Morgan fingerprint density at radius 3 is 2.67 bits per heavy atom. The summed E-state index contributed by atoms with van der Waals surface area (Å²) in [6, 6.07) is 5.46.